The molecule has 0 aromatic rings. The molecule has 0 saturated carbocycles. The Morgan fingerprint density at radius 2 is 2.00 bits per heavy atom. The second-order valence-electron chi connectivity index (χ2n) is 2.39. The number of amides is 2. The average Bonchev–Trinajstić information content (AvgIpc) is 2.05. The first-order valence-electron chi connectivity index (χ1n) is 3.51. The number of piperazine rings is 1. The van der Waals surface area contributed by atoms with Crippen molar-refractivity contribution >= 4 is 6.03 Å². The minimum Gasteiger partial charge on any atom is -0.349 e. The summed E-state index contributed by atoms with van der Waals surface area (Å²) in [5.74, 6) is 5.35. The van der Waals surface area contributed by atoms with Crippen LogP contribution in [0.3, 0.4) is 0 Å². The van der Waals surface area contributed by atoms with E-state index in [1.165, 1.54) is 0 Å². The van der Waals surface area contributed by atoms with Crippen LogP contribution in [-0.4, -0.2) is 42.3 Å². The van der Waals surface area contributed by atoms with Crippen molar-refractivity contribution in [1.29, 1.82) is 0 Å². The average molecular weight is 159 g/mol. The Morgan fingerprint density at radius 1 is 1.45 bits per heavy atom. The highest BCUT2D eigenvalue weighted by Gasteiger charge is 2.16. The van der Waals surface area contributed by atoms with E-state index < -0.39 is 6.03 Å². The molecule has 0 aliphatic carbocycles. The standard InChI is InChI=1S/C5H13N5O/c6-5(11)10(7)9-3-1-8-2-4-9/h8H,1-4,7H2,(H2,6,11). The normalized spacial score (nSPS) is 19.7. The van der Waals surface area contributed by atoms with Gasteiger partial charge in [-0.15, -0.1) is 0 Å². The first-order chi connectivity index (χ1) is 5.22. The van der Waals surface area contributed by atoms with Crippen molar-refractivity contribution < 1.29 is 4.79 Å². The Morgan fingerprint density at radius 3 is 2.45 bits per heavy atom. The minimum atomic E-state index is -0.619. The number of urea groups is 1. The number of nitrogens with zero attached hydrogens (tertiary/aromatic N) is 2. The van der Waals surface area contributed by atoms with E-state index in [2.05, 4.69) is 5.32 Å². The molecule has 0 atom stereocenters. The van der Waals surface area contributed by atoms with Crippen LogP contribution in [0.25, 0.3) is 0 Å². The van der Waals surface area contributed by atoms with Gasteiger partial charge in [-0.05, 0) is 0 Å². The fraction of sp³-hybridized carbons (Fsp3) is 0.800. The summed E-state index contributed by atoms with van der Waals surface area (Å²) in [6.07, 6.45) is 0. The monoisotopic (exact) mass is 159 g/mol. The van der Waals surface area contributed by atoms with Crippen LogP contribution in [0.15, 0.2) is 0 Å². The van der Waals surface area contributed by atoms with Gasteiger partial charge >= 0.3 is 6.03 Å². The lowest BCUT2D eigenvalue weighted by atomic mass is 10.4. The molecule has 64 valence electrons. The number of carbonyl (C=O) groups excluding carboxylic acids is 1. The third-order valence-corrected chi connectivity index (χ3v) is 1.62. The van der Waals surface area contributed by atoms with Crippen molar-refractivity contribution in [3.05, 3.63) is 0 Å². The highest BCUT2D eigenvalue weighted by molar-refractivity contribution is 5.70. The van der Waals surface area contributed by atoms with Gasteiger partial charge in [0.25, 0.3) is 0 Å². The molecule has 0 radical (unpaired) electrons. The Balaban J connectivity index is 2.38. The topological polar surface area (TPSA) is 87.6 Å². The van der Waals surface area contributed by atoms with Crippen LogP contribution in [0.1, 0.15) is 0 Å². The summed E-state index contributed by atoms with van der Waals surface area (Å²) < 4.78 is 0. The van der Waals surface area contributed by atoms with Gasteiger partial charge in [-0.2, -0.15) is 10.1 Å². The molecule has 11 heavy (non-hydrogen) atoms. The van der Waals surface area contributed by atoms with Crippen molar-refractivity contribution in [2.45, 2.75) is 0 Å². The molecule has 1 aliphatic heterocycles. The molecule has 2 amide bonds. The zero-order chi connectivity index (χ0) is 8.27. The molecule has 1 heterocycles. The summed E-state index contributed by atoms with van der Waals surface area (Å²) in [5.41, 5.74) is 4.97. The molecule has 0 unspecified atom stereocenters. The number of rotatable bonds is 1. The lowest BCUT2D eigenvalue weighted by Crippen LogP contribution is -2.58. The van der Waals surface area contributed by atoms with Crippen LogP contribution < -0.4 is 16.9 Å². The lowest BCUT2D eigenvalue weighted by molar-refractivity contribution is 0.00690. The predicted molar refractivity (Wildman–Crippen MR) is 40.1 cm³/mol. The highest BCUT2D eigenvalue weighted by Crippen LogP contribution is 1.93. The summed E-state index contributed by atoms with van der Waals surface area (Å²) in [6.45, 7) is 3.11. The van der Waals surface area contributed by atoms with E-state index in [9.17, 15) is 4.79 Å². The van der Waals surface area contributed by atoms with E-state index in [0.29, 0.717) is 0 Å². The van der Waals surface area contributed by atoms with E-state index in [0.717, 1.165) is 31.3 Å². The number of carbonyl (C=O) groups is 1. The Labute approximate surface area is 65.0 Å². The Kier molecular flexibility index (Phi) is 2.64. The van der Waals surface area contributed by atoms with Gasteiger partial charge in [0.1, 0.15) is 0 Å². The van der Waals surface area contributed by atoms with Gasteiger partial charge in [0, 0.05) is 26.2 Å². The SMILES string of the molecule is NC(=O)N(N)N1CCNCC1. The van der Waals surface area contributed by atoms with Gasteiger partial charge in [-0.25, -0.2) is 10.6 Å². The first-order valence-corrected chi connectivity index (χ1v) is 3.51. The molecule has 6 heteroatoms. The molecule has 6 nitrogen and oxygen atoms in total. The number of nitrogens with two attached hydrogens (primary N) is 2. The zero-order valence-electron chi connectivity index (χ0n) is 6.29. The third kappa shape index (κ3) is 2.04. The quantitative estimate of drug-likeness (QED) is 0.236. The van der Waals surface area contributed by atoms with E-state index >= 15 is 0 Å². The predicted octanol–water partition coefficient (Wildman–Crippen LogP) is -1.94. The van der Waals surface area contributed by atoms with Gasteiger partial charge in [0.15, 0.2) is 0 Å². The van der Waals surface area contributed by atoms with Crippen LogP contribution in [-0.2, 0) is 0 Å². The van der Waals surface area contributed by atoms with Crippen LogP contribution >= 0.6 is 0 Å². The molecule has 0 spiro atoms. The van der Waals surface area contributed by atoms with Crippen LogP contribution in [0.4, 0.5) is 4.79 Å². The van der Waals surface area contributed by atoms with E-state index in [1.54, 1.807) is 5.01 Å². The molecule has 0 aromatic carbocycles. The molecule has 0 bridgehead atoms. The van der Waals surface area contributed by atoms with Gasteiger partial charge < -0.3 is 11.1 Å². The second-order valence-corrected chi connectivity index (χ2v) is 2.39. The maximum absolute atomic E-state index is 10.6. The van der Waals surface area contributed by atoms with Crippen LogP contribution in [0.2, 0.25) is 0 Å². The van der Waals surface area contributed by atoms with Crippen molar-refractivity contribution in [2.24, 2.45) is 11.6 Å². The lowest BCUT2D eigenvalue weighted by Gasteiger charge is -2.32. The number of primary amides is 1. The van der Waals surface area contributed by atoms with Crippen molar-refractivity contribution in [3.63, 3.8) is 0 Å². The molecule has 1 rings (SSSR count). The van der Waals surface area contributed by atoms with E-state index in [-0.39, 0.29) is 0 Å². The van der Waals surface area contributed by atoms with Crippen LogP contribution in [0, 0.1) is 0 Å². The smallest absolute Gasteiger partial charge is 0.344 e. The number of nitrogens with one attached hydrogen (secondary N) is 1. The van der Waals surface area contributed by atoms with Gasteiger partial charge in [-0.3, -0.25) is 0 Å². The Bertz CT molecular complexity index is 144. The summed E-state index contributed by atoms with van der Waals surface area (Å²) in [5, 5.41) is 5.80. The first kappa shape index (κ1) is 8.25. The summed E-state index contributed by atoms with van der Waals surface area (Å²) in [7, 11) is 0. The maximum atomic E-state index is 10.6. The van der Waals surface area contributed by atoms with Crippen molar-refractivity contribution in [3.8, 4) is 0 Å². The minimum absolute atomic E-state index is 0.619. The number of hydrogen-bond acceptors (Lipinski definition) is 4. The maximum Gasteiger partial charge on any atom is 0.344 e. The fourth-order valence-corrected chi connectivity index (χ4v) is 1.01. The molecular formula is C5H13N5O. The highest BCUT2D eigenvalue weighted by atomic mass is 16.2. The van der Waals surface area contributed by atoms with E-state index in [4.69, 9.17) is 11.6 Å². The molecule has 1 saturated heterocycles. The molecule has 0 aromatic heterocycles. The van der Waals surface area contributed by atoms with Crippen molar-refractivity contribution in [2.75, 3.05) is 26.2 Å². The van der Waals surface area contributed by atoms with Gasteiger partial charge in [-0.1, -0.05) is 0 Å². The second kappa shape index (κ2) is 3.51. The zero-order valence-corrected chi connectivity index (χ0v) is 6.29. The van der Waals surface area contributed by atoms with Gasteiger partial charge in [0.2, 0.25) is 0 Å². The summed E-state index contributed by atoms with van der Waals surface area (Å²) >= 11 is 0. The Hall–Kier alpha value is -0.850. The third-order valence-electron chi connectivity index (χ3n) is 1.62. The van der Waals surface area contributed by atoms with Crippen molar-refractivity contribution in [1.82, 2.24) is 15.4 Å². The molecule has 5 N–H and O–H groups in total. The summed E-state index contributed by atoms with van der Waals surface area (Å²) in [6, 6.07) is -0.619. The molecule has 1 aliphatic rings. The largest absolute Gasteiger partial charge is 0.349 e. The van der Waals surface area contributed by atoms with Gasteiger partial charge in [0.05, 0.1) is 0 Å². The molecular weight excluding hydrogens is 146 g/mol. The number of hydrogen-bond donors (Lipinski definition) is 3. The molecule has 1 fully saturated rings. The van der Waals surface area contributed by atoms with Crippen LogP contribution in [0.5, 0.6) is 0 Å². The van der Waals surface area contributed by atoms with E-state index in [1.807, 2.05) is 0 Å². The number of hydrazine groups is 2. The summed E-state index contributed by atoms with van der Waals surface area (Å²) in [4.78, 5) is 10.6. The fourth-order valence-electron chi connectivity index (χ4n) is 1.01.